The Kier molecular flexibility index (Phi) is 11.1. The lowest BCUT2D eigenvalue weighted by Gasteiger charge is -2.15. The Morgan fingerprint density at radius 1 is 1.32 bits per heavy atom. The highest BCUT2D eigenvalue weighted by molar-refractivity contribution is 9.10. The number of nitrogens with one attached hydrogen (secondary N) is 2. The maximum Gasteiger partial charge on any atom is 0.274 e. The number of hydroxylamine groups is 1. The highest BCUT2D eigenvalue weighted by Gasteiger charge is 2.30. The Balaban J connectivity index is 0.00000157. The Bertz CT molecular complexity index is 1340. The van der Waals surface area contributed by atoms with Gasteiger partial charge in [-0.3, -0.25) is 19.4 Å². The first kappa shape index (κ1) is 29.8. The molecule has 2 amide bonds. The monoisotopic (exact) mass is 586 g/mol. The number of benzene rings is 1. The first-order valence-corrected chi connectivity index (χ1v) is 12.9. The third-order valence-corrected chi connectivity index (χ3v) is 6.84. The van der Waals surface area contributed by atoms with Crippen molar-refractivity contribution in [2.45, 2.75) is 41.0 Å². The number of aryl methyl sites for hydroxylation is 1. The van der Waals surface area contributed by atoms with Gasteiger partial charge in [0.15, 0.2) is 5.13 Å². The van der Waals surface area contributed by atoms with Crippen LogP contribution in [0.3, 0.4) is 0 Å². The molecular weight excluding hydrogens is 556 g/mol. The fraction of sp³-hybridized carbons (Fsp3) is 0.269. The van der Waals surface area contributed by atoms with Crippen molar-refractivity contribution < 1.29 is 14.4 Å². The van der Waals surface area contributed by atoms with Gasteiger partial charge in [0, 0.05) is 27.4 Å². The summed E-state index contributed by atoms with van der Waals surface area (Å²) in [6.45, 7) is 9.53. The van der Waals surface area contributed by atoms with Crippen molar-refractivity contribution in [1.29, 1.82) is 0 Å². The SMILES string of the molecule is C.C=N/C=C(\C=C/C)c1nn(-c2ccc(C(=O)NOC)cc2Br)c2c1CCc1nc(NC=O)sc1-2.CC. The van der Waals surface area contributed by atoms with Gasteiger partial charge >= 0.3 is 0 Å². The minimum absolute atomic E-state index is 0. The number of amides is 2. The van der Waals surface area contributed by atoms with E-state index < -0.39 is 0 Å². The molecule has 0 saturated heterocycles. The molecule has 1 aliphatic carbocycles. The van der Waals surface area contributed by atoms with Crippen molar-refractivity contribution in [2.24, 2.45) is 4.99 Å². The lowest BCUT2D eigenvalue weighted by Crippen LogP contribution is -2.21. The normalized spacial score (nSPS) is 12.0. The molecule has 0 fully saturated rings. The van der Waals surface area contributed by atoms with Crippen molar-refractivity contribution in [1.82, 2.24) is 20.2 Å². The van der Waals surface area contributed by atoms with Crippen LogP contribution in [0.4, 0.5) is 5.13 Å². The summed E-state index contributed by atoms with van der Waals surface area (Å²) >= 11 is 5.00. The zero-order chi connectivity index (χ0) is 26.2. The average molecular weight is 588 g/mol. The summed E-state index contributed by atoms with van der Waals surface area (Å²) in [6, 6.07) is 5.23. The second-order valence-electron chi connectivity index (χ2n) is 7.21. The molecule has 0 bridgehead atoms. The molecule has 4 rings (SSSR count). The molecule has 0 saturated carbocycles. The Labute approximate surface area is 229 Å². The number of carbonyl (C=O) groups is 2. The van der Waals surface area contributed by atoms with Crippen LogP contribution in [0.1, 0.15) is 55.5 Å². The van der Waals surface area contributed by atoms with Crippen LogP contribution >= 0.6 is 27.3 Å². The molecule has 0 aliphatic heterocycles. The molecule has 0 atom stereocenters. The number of nitrogens with zero attached hydrogens (tertiary/aromatic N) is 4. The van der Waals surface area contributed by atoms with E-state index in [-0.39, 0.29) is 13.3 Å². The minimum Gasteiger partial charge on any atom is -0.305 e. The molecule has 0 radical (unpaired) electrons. The van der Waals surface area contributed by atoms with Gasteiger partial charge in [0.2, 0.25) is 6.41 Å². The number of rotatable bonds is 8. The van der Waals surface area contributed by atoms with Gasteiger partial charge in [-0.15, -0.1) is 0 Å². The van der Waals surface area contributed by atoms with Crippen molar-refractivity contribution in [3.05, 3.63) is 63.5 Å². The van der Waals surface area contributed by atoms with Gasteiger partial charge in [-0.1, -0.05) is 44.8 Å². The van der Waals surface area contributed by atoms with E-state index in [0.717, 1.165) is 51.6 Å². The fourth-order valence-corrected chi connectivity index (χ4v) is 5.40. The summed E-state index contributed by atoms with van der Waals surface area (Å²) in [5.74, 6) is -0.359. The molecule has 37 heavy (non-hydrogen) atoms. The number of fused-ring (bicyclic) bond motifs is 3. The summed E-state index contributed by atoms with van der Waals surface area (Å²) < 4.78 is 2.52. The Hall–Kier alpha value is -3.41. The summed E-state index contributed by atoms with van der Waals surface area (Å²) in [5.41, 5.74) is 7.96. The van der Waals surface area contributed by atoms with Crippen LogP contribution in [0.15, 0.2) is 46.0 Å². The molecule has 1 aliphatic rings. The van der Waals surface area contributed by atoms with Crippen molar-refractivity contribution in [2.75, 3.05) is 12.4 Å². The van der Waals surface area contributed by atoms with Crippen LogP contribution < -0.4 is 10.8 Å². The predicted octanol–water partition coefficient (Wildman–Crippen LogP) is 6.00. The number of anilines is 1. The van der Waals surface area contributed by atoms with Crippen LogP contribution in [-0.2, 0) is 22.5 Å². The van der Waals surface area contributed by atoms with E-state index in [1.807, 2.05) is 43.7 Å². The van der Waals surface area contributed by atoms with Crippen LogP contribution in [0.5, 0.6) is 0 Å². The van der Waals surface area contributed by atoms with Gasteiger partial charge in [-0.05, 0) is 60.6 Å². The zero-order valence-electron chi connectivity index (χ0n) is 20.5. The Morgan fingerprint density at radius 3 is 2.70 bits per heavy atom. The van der Waals surface area contributed by atoms with Gasteiger partial charge in [-0.2, -0.15) is 5.10 Å². The van der Waals surface area contributed by atoms with E-state index in [4.69, 9.17) is 9.94 Å². The molecule has 11 heteroatoms. The van der Waals surface area contributed by atoms with E-state index in [1.54, 1.807) is 18.3 Å². The Morgan fingerprint density at radius 2 is 2.08 bits per heavy atom. The number of allylic oxidation sites excluding steroid dienone is 3. The quantitative estimate of drug-likeness (QED) is 0.146. The number of aromatic nitrogens is 3. The van der Waals surface area contributed by atoms with Crippen molar-refractivity contribution >= 4 is 57.0 Å². The standard InChI is InChI=1S/C23H21BrN6O3S.C2H6.CH4/c1-4-5-14(11-25-2)19-15-7-8-17-21(34-23(27-17)26-12-31)20(15)30(28-19)18-9-6-13(10-16(18)24)22(32)29-33-3;1-2;/h4-6,9-12H,2,7-8H2,1,3H3,(H,29,32)(H,26,27,31);1-2H3;1H4/b5-4-,14-11+;;. The van der Waals surface area contributed by atoms with Gasteiger partial charge in [0.05, 0.1) is 34.8 Å². The summed E-state index contributed by atoms with van der Waals surface area (Å²) in [6.07, 6.45) is 7.61. The summed E-state index contributed by atoms with van der Waals surface area (Å²) in [7, 11) is 1.38. The van der Waals surface area contributed by atoms with E-state index in [0.29, 0.717) is 21.6 Å². The number of carbonyl (C=O) groups excluding carboxylic acids is 2. The third-order valence-electron chi connectivity index (χ3n) is 5.17. The highest BCUT2D eigenvalue weighted by Crippen LogP contribution is 2.44. The average Bonchev–Trinajstić information content (AvgIpc) is 3.46. The predicted molar refractivity (Wildman–Crippen MR) is 154 cm³/mol. The molecule has 2 aromatic heterocycles. The molecule has 0 spiro atoms. The van der Waals surface area contributed by atoms with Gasteiger partial charge in [0.1, 0.15) is 0 Å². The van der Waals surface area contributed by atoms with Gasteiger partial charge < -0.3 is 5.32 Å². The molecule has 196 valence electrons. The smallest absolute Gasteiger partial charge is 0.274 e. The minimum atomic E-state index is -0.359. The van der Waals surface area contributed by atoms with Crippen molar-refractivity contribution in [3.8, 4) is 16.3 Å². The maximum absolute atomic E-state index is 12.2. The molecule has 0 unspecified atom stereocenters. The molecule has 9 nitrogen and oxygen atoms in total. The van der Waals surface area contributed by atoms with E-state index in [9.17, 15) is 9.59 Å². The van der Waals surface area contributed by atoms with Gasteiger partial charge in [0.25, 0.3) is 5.91 Å². The fourth-order valence-electron chi connectivity index (χ4n) is 3.82. The molecule has 2 N–H and O–H groups in total. The maximum atomic E-state index is 12.2. The lowest BCUT2D eigenvalue weighted by atomic mass is 9.95. The van der Waals surface area contributed by atoms with Crippen LogP contribution in [0, 0.1) is 0 Å². The van der Waals surface area contributed by atoms with E-state index in [2.05, 4.69) is 43.4 Å². The second-order valence-corrected chi connectivity index (χ2v) is 9.07. The van der Waals surface area contributed by atoms with E-state index >= 15 is 0 Å². The zero-order valence-corrected chi connectivity index (χ0v) is 22.9. The second kappa shape index (κ2) is 13.8. The first-order valence-electron chi connectivity index (χ1n) is 11.3. The number of halogens is 1. The topological polar surface area (TPSA) is 110 Å². The molecule has 2 heterocycles. The van der Waals surface area contributed by atoms with Crippen LogP contribution in [-0.4, -0.2) is 40.9 Å². The lowest BCUT2D eigenvalue weighted by molar-refractivity contribution is -0.105. The van der Waals surface area contributed by atoms with Crippen molar-refractivity contribution in [3.63, 3.8) is 0 Å². The van der Waals surface area contributed by atoms with E-state index in [1.165, 1.54) is 18.4 Å². The molecular formula is C26H31BrN6O3S. The molecule has 1 aromatic carbocycles. The first-order chi connectivity index (χ1) is 17.5. The third kappa shape index (κ3) is 6.12. The molecule has 3 aromatic rings. The van der Waals surface area contributed by atoms with Crippen LogP contribution in [0.25, 0.3) is 21.8 Å². The number of aliphatic imine (C=N–C) groups is 1. The summed E-state index contributed by atoms with van der Waals surface area (Å²) in [5, 5.41) is 8.15. The largest absolute Gasteiger partial charge is 0.305 e. The number of hydrogen-bond acceptors (Lipinski definition) is 7. The van der Waals surface area contributed by atoms with Gasteiger partial charge in [-0.25, -0.2) is 15.1 Å². The summed E-state index contributed by atoms with van der Waals surface area (Å²) in [4.78, 5) is 37.4. The number of hydrogen-bond donors (Lipinski definition) is 2. The number of thiazole rings is 1. The van der Waals surface area contributed by atoms with Crippen LogP contribution in [0.2, 0.25) is 0 Å². The highest BCUT2D eigenvalue weighted by atomic mass is 79.9.